The van der Waals surface area contributed by atoms with E-state index < -0.39 is 0 Å². The first-order valence-corrected chi connectivity index (χ1v) is 6.84. The van der Waals surface area contributed by atoms with Crippen LogP contribution in [0.1, 0.15) is 17.3 Å². The molecule has 0 radical (unpaired) electrons. The number of hydrogen-bond acceptors (Lipinski definition) is 4. The number of rotatable bonds is 5. The van der Waals surface area contributed by atoms with E-state index in [1.807, 2.05) is 6.92 Å². The molecule has 2 aromatic rings. The molecule has 114 valence electrons. The van der Waals surface area contributed by atoms with E-state index in [4.69, 9.17) is 22.1 Å². The number of ether oxygens (including phenoxy) is 1. The Bertz CT molecular complexity index is 644. The Hall–Kier alpha value is -1.79. The number of nitrogens with two attached hydrogens (primary N) is 1. The van der Waals surface area contributed by atoms with E-state index in [9.17, 15) is 4.39 Å². The van der Waals surface area contributed by atoms with Crippen LogP contribution >= 0.6 is 11.6 Å². The SMILES string of the molecule is COc1c(C(CN)Nc2cc(F)ccc2Cl)c(C)nn1C. The predicted molar refractivity (Wildman–Crippen MR) is 81.3 cm³/mol. The van der Waals surface area contributed by atoms with Gasteiger partial charge < -0.3 is 15.8 Å². The van der Waals surface area contributed by atoms with E-state index >= 15 is 0 Å². The molecular formula is C14H18ClFN4O. The summed E-state index contributed by atoms with van der Waals surface area (Å²) in [6.07, 6.45) is 0. The van der Waals surface area contributed by atoms with Gasteiger partial charge in [-0.05, 0) is 25.1 Å². The van der Waals surface area contributed by atoms with E-state index in [1.165, 1.54) is 18.2 Å². The van der Waals surface area contributed by atoms with Crippen molar-refractivity contribution < 1.29 is 9.13 Å². The average Bonchev–Trinajstić information content (AvgIpc) is 2.73. The highest BCUT2D eigenvalue weighted by molar-refractivity contribution is 6.33. The molecule has 0 aliphatic rings. The lowest BCUT2D eigenvalue weighted by Crippen LogP contribution is -2.22. The number of aromatic nitrogens is 2. The normalized spacial score (nSPS) is 12.3. The van der Waals surface area contributed by atoms with Crippen LogP contribution < -0.4 is 15.8 Å². The summed E-state index contributed by atoms with van der Waals surface area (Å²) >= 11 is 6.08. The smallest absolute Gasteiger partial charge is 0.216 e. The molecule has 1 aromatic heterocycles. The Morgan fingerprint density at radius 3 is 2.86 bits per heavy atom. The maximum atomic E-state index is 13.4. The third-order valence-corrected chi connectivity index (χ3v) is 3.58. The van der Waals surface area contributed by atoms with Crippen LogP contribution in [0.5, 0.6) is 5.88 Å². The zero-order chi connectivity index (χ0) is 15.6. The largest absolute Gasteiger partial charge is 0.481 e. The van der Waals surface area contributed by atoms with Crippen molar-refractivity contribution in [2.45, 2.75) is 13.0 Å². The van der Waals surface area contributed by atoms with Crippen molar-refractivity contribution in [2.24, 2.45) is 12.8 Å². The standard InChI is InChI=1S/C14H18ClFN4O/c1-8-13(14(21-3)20(2)19-8)12(7-17)18-11-6-9(16)4-5-10(11)15/h4-6,12,18H,7,17H2,1-3H3. The lowest BCUT2D eigenvalue weighted by Gasteiger charge is -2.20. The molecule has 2 rings (SSSR count). The Labute approximate surface area is 127 Å². The minimum Gasteiger partial charge on any atom is -0.481 e. The summed E-state index contributed by atoms with van der Waals surface area (Å²) in [5.41, 5.74) is 7.97. The summed E-state index contributed by atoms with van der Waals surface area (Å²) in [5.74, 6) is 0.246. The van der Waals surface area contributed by atoms with Gasteiger partial charge in [0.2, 0.25) is 5.88 Å². The third-order valence-electron chi connectivity index (χ3n) is 3.25. The molecule has 1 atom stereocenters. The number of halogens is 2. The summed E-state index contributed by atoms with van der Waals surface area (Å²) in [6.45, 7) is 2.16. The van der Waals surface area contributed by atoms with Crippen LogP contribution in [0, 0.1) is 12.7 Å². The molecular weight excluding hydrogens is 295 g/mol. The van der Waals surface area contributed by atoms with E-state index in [2.05, 4.69) is 10.4 Å². The van der Waals surface area contributed by atoms with Crippen molar-refractivity contribution in [3.63, 3.8) is 0 Å². The van der Waals surface area contributed by atoms with Crippen LogP contribution in [-0.2, 0) is 7.05 Å². The molecule has 7 heteroatoms. The number of nitrogens with one attached hydrogen (secondary N) is 1. The molecule has 0 bridgehead atoms. The van der Waals surface area contributed by atoms with Crippen LogP contribution in [0.4, 0.5) is 10.1 Å². The number of nitrogens with zero attached hydrogens (tertiary/aromatic N) is 2. The van der Waals surface area contributed by atoms with Gasteiger partial charge in [-0.3, -0.25) is 0 Å². The van der Waals surface area contributed by atoms with E-state index in [0.29, 0.717) is 16.6 Å². The highest BCUT2D eigenvalue weighted by Gasteiger charge is 2.23. The minimum atomic E-state index is -0.368. The molecule has 0 aliphatic heterocycles. The second-order valence-electron chi connectivity index (χ2n) is 4.69. The lowest BCUT2D eigenvalue weighted by atomic mass is 10.1. The Balaban J connectivity index is 2.39. The third kappa shape index (κ3) is 3.11. The van der Waals surface area contributed by atoms with Gasteiger partial charge in [0.25, 0.3) is 0 Å². The van der Waals surface area contributed by atoms with Crippen LogP contribution in [-0.4, -0.2) is 23.4 Å². The topological polar surface area (TPSA) is 65.1 Å². The second kappa shape index (κ2) is 6.32. The van der Waals surface area contributed by atoms with Crippen molar-refractivity contribution in [3.8, 4) is 5.88 Å². The number of methoxy groups -OCH3 is 1. The van der Waals surface area contributed by atoms with Crippen molar-refractivity contribution in [1.29, 1.82) is 0 Å². The van der Waals surface area contributed by atoms with Crippen LogP contribution in [0.25, 0.3) is 0 Å². The van der Waals surface area contributed by atoms with E-state index in [0.717, 1.165) is 11.3 Å². The fourth-order valence-electron chi connectivity index (χ4n) is 2.34. The van der Waals surface area contributed by atoms with Gasteiger partial charge in [-0.15, -0.1) is 0 Å². The maximum absolute atomic E-state index is 13.4. The van der Waals surface area contributed by atoms with Crippen LogP contribution in [0.3, 0.4) is 0 Å². The summed E-state index contributed by atoms with van der Waals surface area (Å²) in [6, 6.07) is 3.86. The highest BCUT2D eigenvalue weighted by atomic mass is 35.5. The molecule has 1 aromatic carbocycles. The first-order valence-electron chi connectivity index (χ1n) is 6.47. The quantitative estimate of drug-likeness (QED) is 0.891. The van der Waals surface area contributed by atoms with Crippen LogP contribution in [0.15, 0.2) is 18.2 Å². The van der Waals surface area contributed by atoms with E-state index in [1.54, 1.807) is 18.8 Å². The van der Waals surface area contributed by atoms with Gasteiger partial charge in [0.15, 0.2) is 0 Å². The van der Waals surface area contributed by atoms with Gasteiger partial charge in [0.1, 0.15) is 5.82 Å². The molecule has 1 unspecified atom stereocenters. The molecule has 0 saturated carbocycles. The number of hydrogen-bond donors (Lipinski definition) is 2. The van der Waals surface area contributed by atoms with Gasteiger partial charge in [-0.25, -0.2) is 9.07 Å². The highest BCUT2D eigenvalue weighted by Crippen LogP contribution is 2.32. The van der Waals surface area contributed by atoms with Crippen molar-refractivity contribution >= 4 is 17.3 Å². The van der Waals surface area contributed by atoms with Gasteiger partial charge in [0.05, 0.1) is 35.1 Å². The monoisotopic (exact) mass is 312 g/mol. The van der Waals surface area contributed by atoms with Gasteiger partial charge in [-0.1, -0.05) is 11.6 Å². The Morgan fingerprint density at radius 1 is 1.52 bits per heavy atom. The van der Waals surface area contributed by atoms with Gasteiger partial charge in [-0.2, -0.15) is 5.10 Å². The zero-order valence-electron chi connectivity index (χ0n) is 12.2. The molecule has 0 amide bonds. The molecule has 0 saturated heterocycles. The van der Waals surface area contributed by atoms with Crippen molar-refractivity contribution in [1.82, 2.24) is 9.78 Å². The maximum Gasteiger partial charge on any atom is 0.216 e. The Morgan fingerprint density at radius 2 is 2.24 bits per heavy atom. The second-order valence-corrected chi connectivity index (χ2v) is 5.10. The summed E-state index contributed by atoms with van der Waals surface area (Å²) in [4.78, 5) is 0. The van der Waals surface area contributed by atoms with Crippen LogP contribution in [0.2, 0.25) is 5.02 Å². The first-order chi connectivity index (χ1) is 9.97. The Kier molecular flexibility index (Phi) is 4.69. The molecule has 5 nitrogen and oxygen atoms in total. The molecule has 3 N–H and O–H groups in total. The van der Waals surface area contributed by atoms with Gasteiger partial charge in [0, 0.05) is 13.6 Å². The first kappa shape index (κ1) is 15.6. The van der Waals surface area contributed by atoms with Crippen molar-refractivity contribution in [2.75, 3.05) is 19.0 Å². The summed E-state index contributed by atoms with van der Waals surface area (Å²) < 4.78 is 20.4. The fourth-order valence-corrected chi connectivity index (χ4v) is 2.51. The van der Waals surface area contributed by atoms with Crippen molar-refractivity contribution in [3.05, 3.63) is 40.3 Å². The van der Waals surface area contributed by atoms with Gasteiger partial charge >= 0.3 is 0 Å². The number of aryl methyl sites for hydroxylation is 2. The predicted octanol–water partition coefficient (Wildman–Crippen LogP) is 2.64. The van der Waals surface area contributed by atoms with E-state index in [-0.39, 0.29) is 18.4 Å². The zero-order valence-corrected chi connectivity index (χ0v) is 12.9. The number of anilines is 1. The molecule has 0 spiro atoms. The summed E-state index contributed by atoms with van der Waals surface area (Å²) in [5, 5.41) is 7.90. The number of benzene rings is 1. The molecule has 0 aliphatic carbocycles. The average molecular weight is 313 g/mol. The minimum absolute atomic E-state index is 0.284. The molecule has 1 heterocycles. The summed E-state index contributed by atoms with van der Waals surface area (Å²) in [7, 11) is 3.36. The fraction of sp³-hybridized carbons (Fsp3) is 0.357. The molecule has 21 heavy (non-hydrogen) atoms. The lowest BCUT2D eigenvalue weighted by molar-refractivity contribution is 0.367. The molecule has 0 fully saturated rings.